The van der Waals surface area contributed by atoms with Gasteiger partial charge in [-0.05, 0) is 29.8 Å². The van der Waals surface area contributed by atoms with E-state index in [0.717, 1.165) is 28.5 Å². The second-order valence-corrected chi connectivity index (χ2v) is 4.62. The van der Waals surface area contributed by atoms with Gasteiger partial charge in [-0.15, -0.1) is 0 Å². The molecule has 0 aliphatic carbocycles. The molecule has 0 unspecified atom stereocenters. The van der Waals surface area contributed by atoms with E-state index in [9.17, 15) is 0 Å². The molecule has 2 aliphatic heterocycles. The lowest BCUT2D eigenvalue weighted by atomic mass is 10.1. The number of para-hydroxylation sites is 2. The third kappa shape index (κ3) is 1.76. The van der Waals surface area contributed by atoms with Crippen LogP contribution in [0, 0.1) is 0 Å². The quantitative estimate of drug-likeness (QED) is 0.850. The number of rotatable bonds is 1. The highest BCUT2D eigenvalue weighted by atomic mass is 16.7. The highest BCUT2D eigenvalue weighted by Crippen LogP contribution is 2.37. The number of hydrogen-bond acceptors (Lipinski definition) is 4. The normalized spacial score (nSPS) is 19.3. The molecular weight excluding hydrogens is 242 g/mol. The first-order chi connectivity index (χ1) is 9.40. The topological polar surface area (TPSA) is 39.7 Å². The smallest absolute Gasteiger partial charge is 0.231 e. The van der Waals surface area contributed by atoms with E-state index in [-0.39, 0.29) is 6.04 Å². The number of ether oxygens (including phenoxy) is 3. The van der Waals surface area contributed by atoms with E-state index < -0.39 is 0 Å². The Balaban J connectivity index is 1.64. The molecule has 4 rings (SSSR count). The highest BCUT2D eigenvalue weighted by molar-refractivity contribution is 5.59. The zero-order chi connectivity index (χ0) is 12.7. The van der Waals surface area contributed by atoms with Gasteiger partial charge in [0.1, 0.15) is 12.4 Å². The summed E-state index contributed by atoms with van der Waals surface area (Å²) in [5, 5.41) is 3.48. The summed E-state index contributed by atoms with van der Waals surface area (Å²) >= 11 is 0. The molecule has 0 amide bonds. The van der Waals surface area contributed by atoms with Gasteiger partial charge in [-0.25, -0.2) is 0 Å². The molecule has 0 radical (unpaired) electrons. The van der Waals surface area contributed by atoms with Crippen LogP contribution >= 0.6 is 0 Å². The lowest BCUT2D eigenvalue weighted by Crippen LogP contribution is -2.23. The van der Waals surface area contributed by atoms with Gasteiger partial charge in [0.2, 0.25) is 6.79 Å². The fourth-order valence-corrected chi connectivity index (χ4v) is 2.42. The predicted molar refractivity (Wildman–Crippen MR) is 70.9 cm³/mol. The molecule has 2 heterocycles. The first-order valence-corrected chi connectivity index (χ1v) is 6.28. The predicted octanol–water partition coefficient (Wildman–Crippen LogP) is 2.96. The van der Waals surface area contributed by atoms with Crippen LogP contribution in [0.5, 0.6) is 17.2 Å². The molecule has 0 saturated heterocycles. The molecule has 96 valence electrons. The van der Waals surface area contributed by atoms with Crippen molar-refractivity contribution in [2.75, 3.05) is 18.7 Å². The SMILES string of the molecule is c1ccc2c(c1)N[C@@H](c1ccc3c(c1)OCO3)CO2. The second kappa shape index (κ2) is 4.09. The molecule has 0 fully saturated rings. The van der Waals surface area contributed by atoms with Gasteiger partial charge in [0.25, 0.3) is 0 Å². The van der Waals surface area contributed by atoms with Crippen molar-refractivity contribution >= 4 is 5.69 Å². The minimum atomic E-state index is 0.129. The molecule has 0 aromatic heterocycles. The van der Waals surface area contributed by atoms with E-state index >= 15 is 0 Å². The van der Waals surface area contributed by atoms with E-state index in [2.05, 4.69) is 5.32 Å². The van der Waals surface area contributed by atoms with Crippen molar-refractivity contribution in [1.82, 2.24) is 0 Å². The fourth-order valence-electron chi connectivity index (χ4n) is 2.42. The van der Waals surface area contributed by atoms with Crippen molar-refractivity contribution in [3.8, 4) is 17.2 Å². The molecule has 0 bridgehead atoms. The Labute approximate surface area is 110 Å². The molecule has 1 N–H and O–H groups in total. The fraction of sp³-hybridized carbons (Fsp3) is 0.200. The van der Waals surface area contributed by atoms with Crippen LogP contribution < -0.4 is 19.5 Å². The third-order valence-electron chi connectivity index (χ3n) is 3.42. The molecule has 0 spiro atoms. The van der Waals surface area contributed by atoms with Crippen molar-refractivity contribution in [3.63, 3.8) is 0 Å². The Kier molecular flexibility index (Phi) is 2.27. The van der Waals surface area contributed by atoms with E-state index in [0.29, 0.717) is 13.4 Å². The van der Waals surface area contributed by atoms with E-state index in [1.165, 1.54) is 0 Å². The summed E-state index contributed by atoms with van der Waals surface area (Å²) < 4.78 is 16.5. The summed E-state index contributed by atoms with van der Waals surface area (Å²) in [6.45, 7) is 0.910. The Morgan fingerprint density at radius 1 is 0.895 bits per heavy atom. The Morgan fingerprint density at radius 2 is 1.79 bits per heavy atom. The van der Waals surface area contributed by atoms with Crippen molar-refractivity contribution in [2.45, 2.75) is 6.04 Å². The molecule has 19 heavy (non-hydrogen) atoms. The van der Waals surface area contributed by atoms with Gasteiger partial charge in [-0.3, -0.25) is 0 Å². The van der Waals surface area contributed by atoms with Crippen molar-refractivity contribution in [2.24, 2.45) is 0 Å². The van der Waals surface area contributed by atoms with Crippen LogP contribution in [-0.2, 0) is 0 Å². The van der Waals surface area contributed by atoms with Crippen molar-refractivity contribution in [3.05, 3.63) is 48.0 Å². The first-order valence-electron chi connectivity index (χ1n) is 6.28. The number of hydrogen-bond donors (Lipinski definition) is 1. The molecular formula is C15H13NO3. The van der Waals surface area contributed by atoms with E-state index in [4.69, 9.17) is 14.2 Å². The third-order valence-corrected chi connectivity index (χ3v) is 3.42. The van der Waals surface area contributed by atoms with Crippen LogP contribution in [0.2, 0.25) is 0 Å². The number of fused-ring (bicyclic) bond motifs is 2. The molecule has 2 aromatic carbocycles. The zero-order valence-corrected chi connectivity index (χ0v) is 10.3. The van der Waals surface area contributed by atoms with Gasteiger partial charge in [-0.2, -0.15) is 0 Å². The average molecular weight is 255 g/mol. The molecule has 1 atom stereocenters. The molecule has 0 saturated carbocycles. The van der Waals surface area contributed by atoms with Gasteiger partial charge in [0, 0.05) is 0 Å². The Bertz CT molecular complexity index is 627. The van der Waals surface area contributed by atoms with Crippen LogP contribution in [0.3, 0.4) is 0 Å². The molecule has 4 nitrogen and oxygen atoms in total. The summed E-state index contributed by atoms with van der Waals surface area (Å²) in [6, 6.07) is 14.1. The van der Waals surface area contributed by atoms with Crippen molar-refractivity contribution in [1.29, 1.82) is 0 Å². The van der Waals surface area contributed by atoms with E-state index in [1.54, 1.807) is 0 Å². The minimum Gasteiger partial charge on any atom is -0.489 e. The van der Waals surface area contributed by atoms with Gasteiger partial charge >= 0.3 is 0 Å². The minimum absolute atomic E-state index is 0.129. The van der Waals surface area contributed by atoms with Crippen LogP contribution in [-0.4, -0.2) is 13.4 Å². The highest BCUT2D eigenvalue weighted by Gasteiger charge is 2.22. The number of benzene rings is 2. The summed E-state index contributed by atoms with van der Waals surface area (Å²) in [7, 11) is 0. The number of nitrogens with one attached hydrogen (secondary N) is 1. The first kappa shape index (κ1) is 10.6. The largest absolute Gasteiger partial charge is 0.489 e. The van der Waals surface area contributed by atoms with Crippen LogP contribution in [0.15, 0.2) is 42.5 Å². The maximum absolute atomic E-state index is 5.78. The second-order valence-electron chi connectivity index (χ2n) is 4.62. The van der Waals surface area contributed by atoms with Gasteiger partial charge < -0.3 is 19.5 Å². The summed E-state index contributed by atoms with van der Waals surface area (Å²) in [4.78, 5) is 0. The monoisotopic (exact) mass is 255 g/mol. The summed E-state index contributed by atoms with van der Waals surface area (Å²) in [5.74, 6) is 2.51. The Hall–Kier alpha value is -2.36. The van der Waals surface area contributed by atoms with Gasteiger partial charge in [0.05, 0.1) is 11.7 Å². The summed E-state index contributed by atoms with van der Waals surface area (Å²) in [5.41, 5.74) is 2.16. The number of anilines is 1. The Morgan fingerprint density at radius 3 is 2.79 bits per heavy atom. The molecule has 4 heteroatoms. The standard InChI is InChI=1S/C15H13NO3/c1-2-4-13-11(3-1)16-12(8-17-13)10-5-6-14-15(7-10)19-9-18-14/h1-7,12,16H,8-9H2/t12-/m1/s1. The van der Waals surface area contributed by atoms with Crippen LogP contribution in [0.4, 0.5) is 5.69 Å². The lowest BCUT2D eigenvalue weighted by molar-refractivity contribution is 0.174. The van der Waals surface area contributed by atoms with E-state index in [1.807, 2.05) is 42.5 Å². The maximum atomic E-state index is 5.78. The lowest BCUT2D eigenvalue weighted by Gasteiger charge is -2.27. The molecule has 2 aromatic rings. The maximum Gasteiger partial charge on any atom is 0.231 e. The van der Waals surface area contributed by atoms with Crippen LogP contribution in [0.25, 0.3) is 0 Å². The van der Waals surface area contributed by atoms with Crippen LogP contribution in [0.1, 0.15) is 11.6 Å². The van der Waals surface area contributed by atoms with Gasteiger partial charge in [0.15, 0.2) is 11.5 Å². The molecule has 2 aliphatic rings. The average Bonchev–Trinajstić information content (AvgIpc) is 2.94. The summed E-state index contributed by atoms with van der Waals surface area (Å²) in [6.07, 6.45) is 0. The zero-order valence-electron chi connectivity index (χ0n) is 10.3. The van der Waals surface area contributed by atoms with Crippen molar-refractivity contribution < 1.29 is 14.2 Å². The van der Waals surface area contributed by atoms with Gasteiger partial charge in [-0.1, -0.05) is 18.2 Å².